The van der Waals surface area contributed by atoms with E-state index in [1.807, 2.05) is 5.32 Å². The van der Waals surface area contributed by atoms with Crippen LogP contribution in [0.4, 0.5) is 4.79 Å². The van der Waals surface area contributed by atoms with Crippen LogP contribution < -0.4 is 10.6 Å². The highest BCUT2D eigenvalue weighted by Gasteiger charge is 2.10. The van der Waals surface area contributed by atoms with Gasteiger partial charge in [-0.1, -0.05) is 29.8 Å². The van der Waals surface area contributed by atoms with Crippen molar-refractivity contribution in [3.63, 3.8) is 0 Å². The van der Waals surface area contributed by atoms with Crippen molar-refractivity contribution in [3.05, 3.63) is 65.1 Å². The molecule has 0 bridgehead atoms. The van der Waals surface area contributed by atoms with Crippen LogP contribution in [0.25, 0.3) is 6.08 Å². The van der Waals surface area contributed by atoms with Gasteiger partial charge in [0.2, 0.25) is 0 Å². The normalized spacial score (nSPS) is 10.4. The number of hydrogen-bond acceptors (Lipinski definition) is 5. The Balaban J connectivity index is 1.69. The third-order valence-electron chi connectivity index (χ3n) is 2.91. The number of ether oxygens (including phenoxy) is 1. The van der Waals surface area contributed by atoms with E-state index in [-0.39, 0.29) is 6.54 Å². The maximum Gasteiger partial charge on any atom is 0.331 e. The number of carbonyl (C=O) groups excluding carboxylic acids is 3. The van der Waals surface area contributed by atoms with E-state index in [2.05, 4.69) is 5.32 Å². The third-order valence-corrected chi connectivity index (χ3v) is 3.25. The Bertz CT molecular complexity index is 771. The molecule has 0 spiro atoms. The molecule has 1 heterocycles. The van der Waals surface area contributed by atoms with Crippen LogP contribution in [0.3, 0.4) is 0 Å². The lowest BCUT2D eigenvalue weighted by Crippen LogP contribution is -2.41. The molecule has 0 aliphatic carbocycles. The molecular formula is C17H15ClN2O5. The summed E-state index contributed by atoms with van der Waals surface area (Å²) in [7, 11) is 0. The molecular weight excluding hydrogens is 348 g/mol. The van der Waals surface area contributed by atoms with Crippen molar-refractivity contribution in [2.45, 2.75) is 6.54 Å². The van der Waals surface area contributed by atoms with E-state index in [9.17, 15) is 14.4 Å². The van der Waals surface area contributed by atoms with Crippen molar-refractivity contribution < 1.29 is 23.5 Å². The molecule has 0 aliphatic heterocycles. The fraction of sp³-hybridized carbons (Fsp3) is 0.118. The Kier molecular flexibility index (Phi) is 6.79. The summed E-state index contributed by atoms with van der Waals surface area (Å²) in [5.74, 6) is -0.943. The van der Waals surface area contributed by atoms with Crippen LogP contribution in [-0.2, 0) is 20.9 Å². The zero-order valence-electron chi connectivity index (χ0n) is 13.0. The number of furan rings is 1. The second kappa shape index (κ2) is 9.29. The van der Waals surface area contributed by atoms with Gasteiger partial charge in [-0.15, -0.1) is 0 Å². The molecule has 8 heteroatoms. The van der Waals surface area contributed by atoms with E-state index < -0.39 is 24.5 Å². The highest BCUT2D eigenvalue weighted by Crippen LogP contribution is 2.16. The summed E-state index contributed by atoms with van der Waals surface area (Å²) < 4.78 is 9.76. The molecule has 3 amide bonds. The SMILES string of the molecule is O=C(COC(=O)/C=C/c1ccccc1Cl)NC(=O)NCc1ccco1. The molecule has 2 rings (SSSR count). The summed E-state index contributed by atoms with van der Waals surface area (Å²) in [6.45, 7) is -0.452. The molecule has 2 aromatic rings. The minimum absolute atomic E-state index is 0.131. The molecule has 7 nitrogen and oxygen atoms in total. The second-order valence-electron chi connectivity index (χ2n) is 4.77. The first kappa shape index (κ1) is 18.3. The van der Waals surface area contributed by atoms with Gasteiger partial charge in [0.05, 0.1) is 12.8 Å². The number of imide groups is 1. The fourth-order valence-electron chi connectivity index (χ4n) is 1.74. The molecule has 25 heavy (non-hydrogen) atoms. The molecule has 2 N–H and O–H groups in total. The van der Waals surface area contributed by atoms with Crippen molar-refractivity contribution >= 4 is 35.6 Å². The van der Waals surface area contributed by atoms with Gasteiger partial charge in [-0.2, -0.15) is 0 Å². The van der Waals surface area contributed by atoms with Crippen LogP contribution in [0.2, 0.25) is 5.02 Å². The average Bonchev–Trinajstić information content (AvgIpc) is 3.11. The molecule has 0 unspecified atom stereocenters. The maximum atomic E-state index is 11.6. The Morgan fingerprint density at radius 2 is 1.96 bits per heavy atom. The molecule has 1 aromatic heterocycles. The van der Waals surface area contributed by atoms with Crippen LogP contribution in [0, 0.1) is 0 Å². The number of esters is 1. The van der Waals surface area contributed by atoms with Crippen LogP contribution in [0.5, 0.6) is 0 Å². The summed E-state index contributed by atoms with van der Waals surface area (Å²) >= 11 is 5.94. The molecule has 0 radical (unpaired) electrons. The molecule has 130 valence electrons. The number of nitrogens with one attached hydrogen (secondary N) is 2. The average molecular weight is 363 g/mol. The Morgan fingerprint density at radius 3 is 2.68 bits per heavy atom. The number of hydrogen-bond donors (Lipinski definition) is 2. The minimum atomic E-state index is -0.753. The van der Waals surface area contributed by atoms with Crippen LogP contribution >= 0.6 is 11.6 Å². The predicted octanol–water partition coefficient (Wildman–Crippen LogP) is 2.52. The summed E-state index contributed by atoms with van der Waals surface area (Å²) in [5.41, 5.74) is 0.642. The first-order valence-corrected chi connectivity index (χ1v) is 7.62. The van der Waals surface area contributed by atoms with Crippen molar-refractivity contribution in [1.29, 1.82) is 0 Å². The van der Waals surface area contributed by atoms with Gasteiger partial charge in [0.15, 0.2) is 6.61 Å². The van der Waals surface area contributed by atoms with Gasteiger partial charge in [0.1, 0.15) is 5.76 Å². The van der Waals surface area contributed by atoms with E-state index in [4.69, 9.17) is 20.8 Å². The zero-order chi connectivity index (χ0) is 18.1. The number of halogens is 1. The first-order valence-electron chi connectivity index (χ1n) is 7.24. The lowest BCUT2D eigenvalue weighted by Gasteiger charge is -2.05. The van der Waals surface area contributed by atoms with Crippen LogP contribution in [0.15, 0.2) is 53.2 Å². The molecule has 0 atom stereocenters. The molecule has 0 saturated carbocycles. The highest BCUT2D eigenvalue weighted by molar-refractivity contribution is 6.32. The zero-order valence-corrected chi connectivity index (χ0v) is 13.8. The largest absolute Gasteiger partial charge is 0.467 e. The van der Waals surface area contributed by atoms with Gasteiger partial charge in [-0.3, -0.25) is 10.1 Å². The van der Waals surface area contributed by atoms with Crippen molar-refractivity contribution in [2.24, 2.45) is 0 Å². The van der Waals surface area contributed by atoms with Gasteiger partial charge in [0, 0.05) is 11.1 Å². The Labute approximate surface area is 148 Å². The minimum Gasteiger partial charge on any atom is -0.467 e. The summed E-state index contributed by atoms with van der Waals surface area (Å²) in [6.07, 6.45) is 4.08. The van der Waals surface area contributed by atoms with Crippen molar-refractivity contribution in [2.75, 3.05) is 6.61 Å². The van der Waals surface area contributed by atoms with E-state index in [1.54, 1.807) is 36.4 Å². The molecule has 0 saturated heterocycles. The van der Waals surface area contributed by atoms with Gasteiger partial charge < -0.3 is 14.5 Å². The lowest BCUT2D eigenvalue weighted by atomic mass is 10.2. The second-order valence-corrected chi connectivity index (χ2v) is 5.18. The molecule has 0 aliphatic rings. The topological polar surface area (TPSA) is 97.6 Å². The standard InChI is InChI=1S/C17H15ClN2O5/c18-14-6-2-1-4-12(14)7-8-16(22)25-11-15(21)20-17(23)19-10-13-5-3-9-24-13/h1-9H,10-11H2,(H2,19,20,21,23)/b8-7+. The fourth-order valence-corrected chi connectivity index (χ4v) is 1.94. The van der Waals surface area contributed by atoms with E-state index in [0.29, 0.717) is 16.3 Å². The third kappa shape index (κ3) is 6.52. The Morgan fingerprint density at radius 1 is 1.16 bits per heavy atom. The number of benzene rings is 1. The lowest BCUT2D eigenvalue weighted by molar-refractivity contribution is -0.143. The number of carbonyl (C=O) groups is 3. The number of amides is 3. The number of urea groups is 1. The van der Waals surface area contributed by atoms with E-state index in [1.165, 1.54) is 12.3 Å². The van der Waals surface area contributed by atoms with Gasteiger partial charge in [0.25, 0.3) is 5.91 Å². The predicted molar refractivity (Wildman–Crippen MR) is 90.5 cm³/mol. The van der Waals surface area contributed by atoms with Gasteiger partial charge >= 0.3 is 12.0 Å². The van der Waals surface area contributed by atoms with Crippen molar-refractivity contribution in [1.82, 2.24) is 10.6 Å². The molecule has 1 aromatic carbocycles. The highest BCUT2D eigenvalue weighted by atomic mass is 35.5. The van der Waals surface area contributed by atoms with E-state index >= 15 is 0 Å². The van der Waals surface area contributed by atoms with Gasteiger partial charge in [-0.05, 0) is 29.8 Å². The van der Waals surface area contributed by atoms with Gasteiger partial charge in [-0.25, -0.2) is 9.59 Å². The molecule has 0 fully saturated rings. The maximum absolute atomic E-state index is 11.6. The van der Waals surface area contributed by atoms with Crippen molar-refractivity contribution in [3.8, 4) is 0 Å². The van der Waals surface area contributed by atoms with Crippen LogP contribution in [-0.4, -0.2) is 24.5 Å². The van der Waals surface area contributed by atoms with E-state index in [0.717, 1.165) is 6.08 Å². The first-order chi connectivity index (χ1) is 12.0. The summed E-state index contributed by atoms with van der Waals surface area (Å²) in [4.78, 5) is 34.6. The Hall–Kier alpha value is -3.06. The van der Waals surface area contributed by atoms with Crippen LogP contribution in [0.1, 0.15) is 11.3 Å². The summed E-state index contributed by atoms with van der Waals surface area (Å²) in [5, 5.41) is 4.93. The summed E-state index contributed by atoms with van der Waals surface area (Å²) in [6, 6.07) is 9.57. The quantitative estimate of drug-likeness (QED) is 0.608. The smallest absolute Gasteiger partial charge is 0.331 e. The monoisotopic (exact) mass is 362 g/mol. The number of rotatable bonds is 6.